The van der Waals surface area contributed by atoms with Crippen molar-refractivity contribution in [2.24, 2.45) is 4.99 Å². The number of phenols is 1. The van der Waals surface area contributed by atoms with Crippen molar-refractivity contribution >= 4 is 40.4 Å². The zero-order valence-electron chi connectivity index (χ0n) is 10.5. The Morgan fingerprint density at radius 3 is 2.95 bits per heavy atom. The lowest BCUT2D eigenvalue weighted by molar-refractivity contribution is -0.384. The summed E-state index contributed by atoms with van der Waals surface area (Å²) in [6.07, 6.45) is 1.37. The summed E-state index contributed by atoms with van der Waals surface area (Å²) in [5.41, 5.74) is 2.14. The van der Waals surface area contributed by atoms with E-state index in [1.54, 1.807) is 12.1 Å². The molecule has 7 nitrogen and oxygen atoms in total. The van der Waals surface area contributed by atoms with Crippen LogP contribution in [0.3, 0.4) is 0 Å². The largest absolute Gasteiger partial charge is 0.507 e. The van der Waals surface area contributed by atoms with E-state index in [0.29, 0.717) is 11.2 Å². The minimum Gasteiger partial charge on any atom is -0.507 e. The fourth-order valence-corrected chi connectivity index (χ4v) is 2.34. The molecule has 1 aromatic heterocycles. The van der Waals surface area contributed by atoms with Gasteiger partial charge in [-0.2, -0.15) is 8.75 Å². The molecule has 0 bridgehead atoms. The molecule has 8 heteroatoms. The van der Waals surface area contributed by atoms with E-state index in [4.69, 9.17) is 0 Å². The smallest absolute Gasteiger partial charge is 0.270 e. The van der Waals surface area contributed by atoms with Gasteiger partial charge in [-0.3, -0.25) is 15.1 Å². The Morgan fingerprint density at radius 2 is 2.14 bits per heavy atom. The standard InChI is InChI=1S/C13H8N4O3S/c18-12-5-4-9(17(19)20)6-8(12)7-14-10-2-1-3-11-13(10)16-21-15-11/h1-7,18H. The van der Waals surface area contributed by atoms with Crippen LogP contribution in [0.15, 0.2) is 41.4 Å². The third-order valence-corrected chi connectivity index (χ3v) is 3.37. The molecular formula is C13H8N4O3S. The Hall–Kier alpha value is -2.87. The Morgan fingerprint density at radius 1 is 1.29 bits per heavy atom. The van der Waals surface area contributed by atoms with Crippen molar-refractivity contribution in [3.8, 4) is 5.75 Å². The Bertz CT molecular complexity index is 859. The normalized spacial score (nSPS) is 11.2. The summed E-state index contributed by atoms with van der Waals surface area (Å²) >= 11 is 1.09. The first kappa shape index (κ1) is 13.1. The van der Waals surface area contributed by atoms with Crippen LogP contribution in [0.5, 0.6) is 5.75 Å². The highest BCUT2D eigenvalue weighted by Crippen LogP contribution is 2.26. The molecule has 2 aromatic carbocycles. The molecule has 3 aromatic rings. The van der Waals surface area contributed by atoms with Crippen molar-refractivity contribution in [2.75, 3.05) is 0 Å². The van der Waals surface area contributed by atoms with Crippen molar-refractivity contribution in [3.05, 3.63) is 52.1 Å². The number of phenolic OH excluding ortho intramolecular Hbond substituents is 1. The van der Waals surface area contributed by atoms with Gasteiger partial charge in [-0.1, -0.05) is 6.07 Å². The quantitative estimate of drug-likeness (QED) is 0.455. The van der Waals surface area contributed by atoms with Crippen LogP contribution in [0.1, 0.15) is 5.56 Å². The van der Waals surface area contributed by atoms with Crippen molar-refractivity contribution in [1.82, 2.24) is 8.75 Å². The number of benzene rings is 2. The van der Waals surface area contributed by atoms with E-state index in [1.807, 2.05) is 6.07 Å². The monoisotopic (exact) mass is 300 g/mol. The van der Waals surface area contributed by atoms with Gasteiger partial charge in [0.25, 0.3) is 5.69 Å². The number of rotatable bonds is 3. The van der Waals surface area contributed by atoms with E-state index in [-0.39, 0.29) is 17.0 Å². The van der Waals surface area contributed by atoms with Crippen LogP contribution in [0.2, 0.25) is 0 Å². The predicted octanol–water partition coefficient (Wildman–Crippen LogP) is 3.06. The number of fused-ring (bicyclic) bond motifs is 1. The summed E-state index contributed by atoms with van der Waals surface area (Å²) in [4.78, 5) is 14.5. The van der Waals surface area contributed by atoms with Gasteiger partial charge < -0.3 is 5.11 Å². The third kappa shape index (κ3) is 2.56. The maximum atomic E-state index is 10.7. The van der Waals surface area contributed by atoms with Crippen molar-refractivity contribution in [3.63, 3.8) is 0 Å². The van der Waals surface area contributed by atoms with Crippen LogP contribution in [-0.2, 0) is 0 Å². The molecule has 0 atom stereocenters. The lowest BCUT2D eigenvalue weighted by Crippen LogP contribution is -1.90. The predicted molar refractivity (Wildman–Crippen MR) is 79.4 cm³/mol. The number of hydrogen-bond donors (Lipinski definition) is 1. The molecule has 0 amide bonds. The number of aromatic hydroxyl groups is 1. The number of nitro benzene ring substituents is 1. The Kier molecular flexibility index (Phi) is 3.28. The molecule has 0 aliphatic heterocycles. The Labute approximate surface area is 122 Å². The van der Waals surface area contributed by atoms with Crippen LogP contribution < -0.4 is 0 Å². The van der Waals surface area contributed by atoms with E-state index >= 15 is 0 Å². The second-order valence-corrected chi connectivity index (χ2v) is 4.70. The number of aromatic nitrogens is 2. The van der Waals surface area contributed by atoms with Crippen LogP contribution in [0.4, 0.5) is 11.4 Å². The molecule has 21 heavy (non-hydrogen) atoms. The fraction of sp³-hybridized carbons (Fsp3) is 0. The average molecular weight is 300 g/mol. The van der Waals surface area contributed by atoms with E-state index in [9.17, 15) is 15.2 Å². The second kappa shape index (κ2) is 5.25. The summed E-state index contributed by atoms with van der Waals surface area (Å²) in [6.45, 7) is 0. The zero-order chi connectivity index (χ0) is 14.8. The highest BCUT2D eigenvalue weighted by Gasteiger charge is 2.09. The average Bonchev–Trinajstić information content (AvgIpc) is 2.95. The van der Waals surface area contributed by atoms with Crippen LogP contribution in [0, 0.1) is 10.1 Å². The second-order valence-electron chi connectivity index (χ2n) is 4.17. The fourth-order valence-electron chi connectivity index (χ4n) is 1.79. The number of nitrogens with zero attached hydrogens (tertiary/aromatic N) is 4. The first-order valence-electron chi connectivity index (χ1n) is 5.88. The van der Waals surface area contributed by atoms with Gasteiger partial charge in [-0.05, 0) is 18.2 Å². The highest BCUT2D eigenvalue weighted by molar-refractivity contribution is 7.00. The van der Waals surface area contributed by atoms with E-state index < -0.39 is 4.92 Å². The van der Waals surface area contributed by atoms with Crippen LogP contribution in [0.25, 0.3) is 11.0 Å². The summed E-state index contributed by atoms with van der Waals surface area (Å²) in [7, 11) is 0. The molecule has 0 unspecified atom stereocenters. The highest BCUT2D eigenvalue weighted by atomic mass is 32.1. The molecule has 0 saturated heterocycles. The van der Waals surface area contributed by atoms with Crippen LogP contribution in [-0.4, -0.2) is 25.0 Å². The minimum atomic E-state index is -0.526. The maximum absolute atomic E-state index is 10.7. The molecule has 0 spiro atoms. The van der Waals surface area contributed by atoms with Gasteiger partial charge in [0, 0.05) is 23.9 Å². The molecule has 1 N–H and O–H groups in total. The molecule has 3 rings (SSSR count). The summed E-state index contributed by atoms with van der Waals surface area (Å²) in [6, 6.07) is 9.14. The number of nitro groups is 1. The van der Waals surface area contributed by atoms with Gasteiger partial charge in [0.2, 0.25) is 0 Å². The lowest BCUT2D eigenvalue weighted by Gasteiger charge is -1.99. The first-order valence-corrected chi connectivity index (χ1v) is 6.61. The minimum absolute atomic E-state index is 0.0760. The topological polar surface area (TPSA) is 102 Å². The van der Waals surface area contributed by atoms with Crippen LogP contribution >= 0.6 is 11.7 Å². The van der Waals surface area contributed by atoms with Gasteiger partial charge >= 0.3 is 0 Å². The molecule has 1 heterocycles. The summed E-state index contributed by atoms with van der Waals surface area (Å²) in [5, 5.41) is 20.5. The van der Waals surface area contributed by atoms with Crippen molar-refractivity contribution in [1.29, 1.82) is 0 Å². The molecular weight excluding hydrogens is 292 g/mol. The zero-order valence-corrected chi connectivity index (χ0v) is 11.3. The third-order valence-electron chi connectivity index (χ3n) is 2.83. The molecule has 0 saturated carbocycles. The maximum Gasteiger partial charge on any atom is 0.270 e. The summed E-state index contributed by atoms with van der Waals surface area (Å²) in [5.74, 6) is -0.0760. The molecule has 0 aliphatic carbocycles. The van der Waals surface area contributed by atoms with Gasteiger partial charge in [-0.25, -0.2) is 0 Å². The van der Waals surface area contributed by atoms with E-state index in [0.717, 1.165) is 17.2 Å². The van der Waals surface area contributed by atoms with Gasteiger partial charge in [0.15, 0.2) is 0 Å². The first-order chi connectivity index (χ1) is 10.1. The molecule has 0 radical (unpaired) electrons. The molecule has 104 valence electrons. The van der Waals surface area contributed by atoms with E-state index in [2.05, 4.69) is 13.7 Å². The van der Waals surface area contributed by atoms with Crippen molar-refractivity contribution in [2.45, 2.75) is 0 Å². The number of aliphatic imine (C=N–C) groups is 1. The van der Waals surface area contributed by atoms with Gasteiger partial charge in [-0.15, -0.1) is 0 Å². The van der Waals surface area contributed by atoms with E-state index in [1.165, 1.54) is 24.4 Å². The van der Waals surface area contributed by atoms with Gasteiger partial charge in [0.1, 0.15) is 16.8 Å². The lowest BCUT2D eigenvalue weighted by atomic mass is 10.2. The Balaban J connectivity index is 2.01. The molecule has 0 fully saturated rings. The van der Waals surface area contributed by atoms with Crippen molar-refractivity contribution < 1.29 is 10.0 Å². The summed E-state index contributed by atoms with van der Waals surface area (Å²) < 4.78 is 8.25. The number of non-ortho nitro benzene ring substituents is 1. The molecule has 0 aliphatic rings. The number of hydrogen-bond acceptors (Lipinski definition) is 7. The van der Waals surface area contributed by atoms with Gasteiger partial charge in [0.05, 0.1) is 22.3 Å². The SMILES string of the molecule is O=[N+]([O-])c1ccc(O)c(C=Nc2cccc3nsnc23)c1.